The molecule has 1 aliphatic heterocycles. The summed E-state index contributed by atoms with van der Waals surface area (Å²) in [5, 5.41) is 2.55. The van der Waals surface area contributed by atoms with Crippen LogP contribution < -0.4 is 10.1 Å². The quantitative estimate of drug-likeness (QED) is 0.152. The van der Waals surface area contributed by atoms with Crippen molar-refractivity contribution in [1.82, 2.24) is 9.80 Å². The lowest BCUT2D eigenvalue weighted by Gasteiger charge is -2.25. The van der Waals surface area contributed by atoms with E-state index < -0.39 is 41.9 Å². The summed E-state index contributed by atoms with van der Waals surface area (Å²) in [5.41, 5.74) is 0.798. The topological polar surface area (TPSA) is 132 Å². The molecule has 1 saturated heterocycles. The highest BCUT2D eigenvalue weighted by atomic mass is 35.5. The van der Waals surface area contributed by atoms with E-state index in [2.05, 4.69) is 5.32 Å². The Balaban J connectivity index is 1.75. The SMILES string of the molecule is CCOC1C(=O)N(C(C(=O)Nc2cc(C(=O)OC)ccc2Cl)C(=O)c2ccc(OC)cc2)C(=O)N1Cc1ccccc1. The lowest BCUT2D eigenvalue weighted by Crippen LogP contribution is -2.52. The number of carbonyl (C=O) groups excluding carboxylic acids is 5. The highest BCUT2D eigenvalue weighted by Crippen LogP contribution is 2.29. The van der Waals surface area contributed by atoms with Gasteiger partial charge in [-0.1, -0.05) is 41.9 Å². The number of hydrogen-bond acceptors (Lipinski definition) is 8. The van der Waals surface area contributed by atoms with Crippen LogP contribution in [0.2, 0.25) is 5.02 Å². The van der Waals surface area contributed by atoms with Crippen molar-refractivity contribution in [2.75, 3.05) is 26.1 Å². The van der Waals surface area contributed by atoms with Crippen molar-refractivity contribution < 1.29 is 38.2 Å². The zero-order valence-corrected chi connectivity index (χ0v) is 23.8. The summed E-state index contributed by atoms with van der Waals surface area (Å²) in [6.07, 6.45) is -1.37. The van der Waals surface area contributed by atoms with Gasteiger partial charge in [0.15, 0.2) is 11.8 Å². The number of hydrogen-bond donors (Lipinski definition) is 1. The summed E-state index contributed by atoms with van der Waals surface area (Å²) in [6.45, 7) is 1.73. The van der Waals surface area contributed by atoms with Gasteiger partial charge in [0, 0.05) is 12.2 Å². The zero-order valence-electron chi connectivity index (χ0n) is 23.0. The van der Waals surface area contributed by atoms with E-state index in [-0.39, 0.29) is 35.0 Å². The molecule has 4 amide bonds. The van der Waals surface area contributed by atoms with Crippen molar-refractivity contribution in [1.29, 1.82) is 0 Å². The van der Waals surface area contributed by atoms with Crippen molar-refractivity contribution in [3.63, 3.8) is 0 Å². The molecule has 1 heterocycles. The van der Waals surface area contributed by atoms with Gasteiger partial charge in [0.05, 0.1) is 37.0 Å². The van der Waals surface area contributed by atoms with Crippen LogP contribution in [0.3, 0.4) is 0 Å². The van der Waals surface area contributed by atoms with Crippen LogP contribution in [0.1, 0.15) is 33.2 Å². The van der Waals surface area contributed by atoms with E-state index in [0.717, 1.165) is 4.90 Å². The van der Waals surface area contributed by atoms with Crippen LogP contribution in [0.15, 0.2) is 72.8 Å². The summed E-state index contributed by atoms with van der Waals surface area (Å²) in [4.78, 5) is 69.0. The van der Waals surface area contributed by atoms with Crippen LogP contribution in [0.4, 0.5) is 10.5 Å². The van der Waals surface area contributed by atoms with Gasteiger partial charge in [-0.05, 0) is 55.0 Å². The molecular weight excluding hydrogens is 566 g/mol. The van der Waals surface area contributed by atoms with E-state index in [1.165, 1.54) is 56.7 Å². The lowest BCUT2D eigenvalue weighted by atomic mass is 10.0. The number of nitrogens with one attached hydrogen (secondary N) is 1. The van der Waals surface area contributed by atoms with Crippen LogP contribution in [0, 0.1) is 0 Å². The minimum atomic E-state index is -1.94. The Labute approximate surface area is 246 Å². The summed E-state index contributed by atoms with van der Waals surface area (Å²) in [7, 11) is 2.65. The standard InChI is InChI=1S/C30H28ClN3O8/c1-4-42-28-27(37)34(30(39)33(28)17-18-8-6-5-7-9-18)24(25(35)19-10-13-21(40-2)14-11-19)26(36)32-23-16-20(29(38)41-3)12-15-22(23)31/h5-16,24,28H,4,17H2,1-3H3,(H,32,36). The number of imide groups is 1. The van der Waals surface area contributed by atoms with Gasteiger partial charge >= 0.3 is 12.0 Å². The Hall–Kier alpha value is -4.74. The van der Waals surface area contributed by atoms with E-state index >= 15 is 0 Å². The minimum Gasteiger partial charge on any atom is -0.497 e. The number of methoxy groups -OCH3 is 2. The zero-order chi connectivity index (χ0) is 30.4. The molecule has 3 aromatic rings. The maximum atomic E-state index is 13.9. The number of urea groups is 1. The monoisotopic (exact) mass is 593 g/mol. The summed E-state index contributed by atoms with van der Waals surface area (Å²) >= 11 is 6.28. The summed E-state index contributed by atoms with van der Waals surface area (Å²) in [6, 6.07) is 15.9. The predicted octanol–water partition coefficient (Wildman–Crippen LogP) is 4.15. The Morgan fingerprint density at radius 2 is 1.62 bits per heavy atom. The number of esters is 1. The Kier molecular flexibility index (Phi) is 9.56. The van der Waals surface area contributed by atoms with Crippen LogP contribution in [0.5, 0.6) is 5.75 Å². The van der Waals surface area contributed by atoms with Crippen molar-refractivity contribution in [3.8, 4) is 5.75 Å². The van der Waals surface area contributed by atoms with Gasteiger partial charge in [-0.25, -0.2) is 14.5 Å². The van der Waals surface area contributed by atoms with E-state index in [0.29, 0.717) is 16.2 Å². The molecule has 4 rings (SSSR count). The lowest BCUT2D eigenvalue weighted by molar-refractivity contribution is -0.144. The average molecular weight is 594 g/mol. The number of ether oxygens (including phenoxy) is 3. The van der Waals surface area contributed by atoms with Gasteiger partial charge in [0.25, 0.3) is 11.8 Å². The molecule has 0 aromatic heterocycles. The normalized spacial score (nSPS) is 15.4. The number of benzene rings is 3. The molecule has 0 bridgehead atoms. The maximum Gasteiger partial charge on any atom is 0.337 e. The van der Waals surface area contributed by atoms with Crippen molar-refractivity contribution in [2.24, 2.45) is 0 Å². The fraction of sp³-hybridized carbons (Fsp3) is 0.233. The molecule has 2 atom stereocenters. The second-order valence-corrected chi connectivity index (χ2v) is 9.49. The molecule has 11 nitrogen and oxygen atoms in total. The molecule has 1 N–H and O–H groups in total. The van der Waals surface area contributed by atoms with Crippen molar-refractivity contribution in [3.05, 3.63) is 94.5 Å². The van der Waals surface area contributed by atoms with Crippen LogP contribution in [0.25, 0.3) is 0 Å². The van der Waals surface area contributed by atoms with Crippen molar-refractivity contribution in [2.45, 2.75) is 25.7 Å². The Morgan fingerprint density at radius 1 is 0.952 bits per heavy atom. The van der Waals surface area contributed by atoms with Crippen molar-refractivity contribution >= 4 is 46.9 Å². The number of halogens is 1. The molecule has 0 aliphatic carbocycles. The van der Waals surface area contributed by atoms with Gasteiger partial charge in [-0.2, -0.15) is 0 Å². The first-order valence-electron chi connectivity index (χ1n) is 12.9. The third-order valence-electron chi connectivity index (χ3n) is 6.48. The summed E-state index contributed by atoms with van der Waals surface area (Å²) < 4.78 is 15.5. The molecule has 12 heteroatoms. The Morgan fingerprint density at radius 3 is 2.24 bits per heavy atom. The van der Waals surface area contributed by atoms with Gasteiger partial charge in [-0.3, -0.25) is 19.3 Å². The maximum absolute atomic E-state index is 13.9. The molecule has 1 fully saturated rings. The molecule has 0 spiro atoms. The predicted molar refractivity (Wildman–Crippen MR) is 152 cm³/mol. The van der Waals surface area contributed by atoms with E-state index in [9.17, 15) is 24.0 Å². The molecule has 218 valence electrons. The van der Waals surface area contributed by atoms with Gasteiger partial charge < -0.3 is 19.5 Å². The molecule has 3 aromatic carbocycles. The molecule has 1 aliphatic rings. The second kappa shape index (κ2) is 13.3. The van der Waals surface area contributed by atoms with Gasteiger partial charge in [0.2, 0.25) is 6.23 Å². The Bertz CT molecular complexity index is 1500. The number of Topliss-reactive ketones (excluding diaryl/α,β-unsaturated/α-hetero) is 1. The number of anilines is 1. The number of carbonyl (C=O) groups is 5. The number of amides is 4. The van der Waals surface area contributed by atoms with Crippen LogP contribution in [-0.4, -0.2) is 72.5 Å². The average Bonchev–Trinajstić information content (AvgIpc) is 3.22. The highest BCUT2D eigenvalue weighted by Gasteiger charge is 2.53. The van der Waals surface area contributed by atoms with E-state index in [4.69, 9.17) is 25.8 Å². The fourth-order valence-electron chi connectivity index (χ4n) is 4.41. The van der Waals surface area contributed by atoms with E-state index in [1.54, 1.807) is 37.3 Å². The third-order valence-corrected chi connectivity index (χ3v) is 6.81. The molecule has 0 saturated carbocycles. The number of rotatable bonds is 11. The van der Waals surface area contributed by atoms with Gasteiger partial charge in [-0.15, -0.1) is 0 Å². The number of ketones is 1. The molecular formula is C30H28ClN3O8. The second-order valence-electron chi connectivity index (χ2n) is 9.08. The minimum absolute atomic E-state index is 0.00928. The number of nitrogens with zero attached hydrogens (tertiary/aromatic N) is 2. The smallest absolute Gasteiger partial charge is 0.337 e. The summed E-state index contributed by atoms with van der Waals surface area (Å²) in [5.74, 6) is -2.98. The first-order valence-corrected chi connectivity index (χ1v) is 13.2. The van der Waals surface area contributed by atoms with Gasteiger partial charge in [0.1, 0.15) is 5.75 Å². The molecule has 42 heavy (non-hydrogen) atoms. The van der Waals surface area contributed by atoms with E-state index in [1.807, 2.05) is 0 Å². The molecule has 0 radical (unpaired) electrons. The largest absolute Gasteiger partial charge is 0.497 e. The first-order chi connectivity index (χ1) is 20.2. The molecule has 2 unspecified atom stereocenters. The van der Waals surface area contributed by atoms with Crippen LogP contribution in [-0.2, 0) is 25.6 Å². The third kappa shape index (κ3) is 6.27. The highest BCUT2D eigenvalue weighted by molar-refractivity contribution is 6.34. The fourth-order valence-corrected chi connectivity index (χ4v) is 4.57. The van der Waals surface area contributed by atoms with Crippen LogP contribution >= 0.6 is 11.6 Å². The first kappa shape index (κ1) is 30.2.